The molecule has 0 saturated carbocycles. The van der Waals surface area contributed by atoms with Gasteiger partial charge in [0, 0.05) is 6.42 Å². The van der Waals surface area contributed by atoms with Crippen LogP contribution in [0, 0.1) is 0 Å². The van der Waals surface area contributed by atoms with Crippen LogP contribution in [0.15, 0.2) is 12.2 Å². The van der Waals surface area contributed by atoms with Crippen LogP contribution < -0.4 is 5.32 Å². The highest BCUT2D eigenvalue weighted by Gasteiger charge is 2.51. The maximum absolute atomic E-state index is 13.3. The van der Waals surface area contributed by atoms with Crippen LogP contribution in [-0.4, -0.2) is 140 Å². The van der Waals surface area contributed by atoms with Gasteiger partial charge in [0.25, 0.3) is 0 Å². The lowest BCUT2D eigenvalue weighted by Gasteiger charge is -2.46. The van der Waals surface area contributed by atoms with Crippen LogP contribution in [0.25, 0.3) is 0 Å². The maximum Gasteiger partial charge on any atom is 0.220 e. The second-order valence-corrected chi connectivity index (χ2v) is 25.7. The molecule has 2 rings (SSSR count). The average Bonchev–Trinajstić information content (AvgIpc) is 3.62. The SMILES string of the molecule is CCCCCCCCCCCCCCCCCCCC/C=C/C(O)C(COC1OC(CO)C(OC2OC(CO)C(O)C(O)C2O)C(O)C1O)NC(=O)CCCCCCCCCCCCCCCCCCCCCCCCCCCCCCCC. The van der Waals surface area contributed by atoms with E-state index in [9.17, 15) is 45.6 Å². The Bertz CT molecular complexity index is 1460. The molecule has 2 aliphatic heterocycles. The Labute approximate surface area is 514 Å². The van der Waals surface area contributed by atoms with E-state index in [1.165, 1.54) is 270 Å². The van der Waals surface area contributed by atoms with Crippen LogP contribution in [0.2, 0.25) is 0 Å². The highest BCUT2D eigenvalue weighted by molar-refractivity contribution is 5.76. The third kappa shape index (κ3) is 39.7. The molecule has 0 aromatic carbocycles. The molecule has 498 valence electrons. The molecule has 0 bridgehead atoms. The lowest BCUT2D eigenvalue weighted by Crippen LogP contribution is -2.65. The number of carbonyl (C=O) groups excluding carboxylic acids is 1. The van der Waals surface area contributed by atoms with Gasteiger partial charge in [-0.1, -0.05) is 321 Å². The van der Waals surface area contributed by atoms with E-state index in [2.05, 4.69) is 19.2 Å². The molecular weight excluding hydrogens is 1060 g/mol. The zero-order valence-electron chi connectivity index (χ0n) is 54.2. The molecule has 84 heavy (non-hydrogen) atoms. The topological polar surface area (TPSA) is 228 Å². The van der Waals surface area contributed by atoms with Gasteiger partial charge in [0.2, 0.25) is 5.91 Å². The summed E-state index contributed by atoms with van der Waals surface area (Å²) in [6.07, 6.45) is 51.3. The van der Waals surface area contributed by atoms with Gasteiger partial charge >= 0.3 is 0 Å². The van der Waals surface area contributed by atoms with Crippen molar-refractivity contribution in [2.75, 3.05) is 19.8 Å². The number of rotatable bonds is 60. The number of hydrogen-bond donors (Lipinski definition) is 9. The van der Waals surface area contributed by atoms with Gasteiger partial charge in [-0.25, -0.2) is 0 Å². The van der Waals surface area contributed by atoms with Gasteiger partial charge in [-0.2, -0.15) is 0 Å². The molecule has 12 atom stereocenters. The van der Waals surface area contributed by atoms with Crippen molar-refractivity contribution in [3.63, 3.8) is 0 Å². The van der Waals surface area contributed by atoms with E-state index in [4.69, 9.17) is 18.9 Å². The van der Waals surface area contributed by atoms with Crippen LogP contribution in [0.4, 0.5) is 0 Å². The Hall–Kier alpha value is -1.27. The van der Waals surface area contributed by atoms with Crippen molar-refractivity contribution in [1.82, 2.24) is 5.32 Å². The second-order valence-electron chi connectivity index (χ2n) is 25.7. The van der Waals surface area contributed by atoms with Gasteiger partial charge < -0.3 is 65.1 Å². The molecule has 2 fully saturated rings. The zero-order valence-corrected chi connectivity index (χ0v) is 54.2. The van der Waals surface area contributed by atoms with Crippen LogP contribution in [-0.2, 0) is 23.7 Å². The first-order chi connectivity index (χ1) is 41.1. The van der Waals surface area contributed by atoms with E-state index in [1.807, 2.05) is 6.08 Å². The van der Waals surface area contributed by atoms with Crippen LogP contribution in [0.3, 0.4) is 0 Å². The summed E-state index contributed by atoms with van der Waals surface area (Å²) in [6.45, 7) is 2.86. The summed E-state index contributed by atoms with van der Waals surface area (Å²) in [5.41, 5.74) is 0. The van der Waals surface area contributed by atoms with Crippen molar-refractivity contribution >= 4 is 5.91 Å². The van der Waals surface area contributed by atoms with Crippen molar-refractivity contribution in [1.29, 1.82) is 0 Å². The standard InChI is InChI=1S/C70H135NO13/c1-3-5-7-9-11-13-15-17-19-21-23-25-26-27-28-29-30-31-32-33-34-36-38-40-42-44-46-48-50-52-54-62(75)71-58(59(74)53-51-49-47-45-43-41-39-37-35-24-22-20-18-16-14-12-10-8-6-4-2)57-81-69-67(80)65(78)68(61(56-73)83-69)84-70-66(79)64(77)63(76)60(55-72)82-70/h51,53,58-61,63-70,72-74,76-80H,3-50,52,54-57H2,1-2H3,(H,71,75)/b53-51+. The Balaban J connectivity index is 1.65. The lowest BCUT2D eigenvalue weighted by molar-refractivity contribution is -0.359. The van der Waals surface area contributed by atoms with Gasteiger partial charge in [0.1, 0.15) is 48.8 Å². The molecule has 1 amide bonds. The smallest absolute Gasteiger partial charge is 0.220 e. The first-order valence-electron chi connectivity index (χ1n) is 35.9. The normalized spacial score (nSPS) is 23.6. The molecule has 0 aromatic rings. The van der Waals surface area contributed by atoms with Crippen molar-refractivity contribution in [2.24, 2.45) is 0 Å². The molecule has 12 unspecified atom stereocenters. The average molecular weight is 1200 g/mol. The molecule has 0 spiro atoms. The Morgan fingerprint density at radius 1 is 0.417 bits per heavy atom. The molecule has 0 aliphatic carbocycles. The van der Waals surface area contributed by atoms with Crippen LogP contribution >= 0.6 is 0 Å². The molecule has 2 heterocycles. The highest BCUT2D eigenvalue weighted by atomic mass is 16.7. The number of amides is 1. The predicted octanol–water partition coefficient (Wildman–Crippen LogP) is 14.6. The van der Waals surface area contributed by atoms with Crippen molar-refractivity contribution in [3.05, 3.63) is 12.2 Å². The summed E-state index contributed by atoms with van der Waals surface area (Å²) in [6, 6.07) is -0.911. The van der Waals surface area contributed by atoms with Gasteiger partial charge in [-0.15, -0.1) is 0 Å². The summed E-state index contributed by atoms with van der Waals surface area (Å²) in [7, 11) is 0. The number of unbranched alkanes of at least 4 members (excludes halogenated alkanes) is 47. The Morgan fingerprint density at radius 2 is 0.738 bits per heavy atom. The summed E-state index contributed by atoms with van der Waals surface area (Å²) in [5, 5.41) is 87.4. The highest BCUT2D eigenvalue weighted by Crippen LogP contribution is 2.30. The Kier molecular flexibility index (Phi) is 52.3. The summed E-state index contributed by atoms with van der Waals surface area (Å²) < 4.78 is 22.9. The van der Waals surface area contributed by atoms with E-state index in [-0.39, 0.29) is 18.9 Å². The van der Waals surface area contributed by atoms with Gasteiger partial charge in [-0.05, 0) is 19.3 Å². The van der Waals surface area contributed by atoms with Gasteiger partial charge in [0.15, 0.2) is 12.6 Å². The van der Waals surface area contributed by atoms with Gasteiger partial charge in [-0.3, -0.25) is 4.79 Å². The minimum absolute atomic E-state index is 0.230. The fourth-order valence-electron chi connectivity index (χ4n) is 12.2. The predicted molar refractivity (Wildman–Crippen MR) is 342 cm³/mol. The van der Waals surface area contributed by atoms with E-state index in [0.29, 0.717) is 0 Å². The van der Waals surface area contributed by atoms with E-state index in [0.717, 1.165) is 44.9 Å². The molecule has 0 radical (unpaired) electrons. The number of nitrogens with one attached hydrogen (secondary N) is 1. The quantitative estimate of drug-likeness (QED) is 0.0204. The molecular formula is C70H135NO13. The maximum atomic E-state index is 13.3. The van der Waals surface area contributed by atoms with Crippen molar-refractivity contribution in [3.8, 4) is 0 Å². The number of aliphatic hydroxyl groups excluding tert-OH is 8. The molecule has 14 heteroatoms. The number of hydrogen-bond acceptors (Lipinski definition) is 13. The number of aliphatic hydroxyl groups is 8. The number of carbonyl (C=O) groups is 1. The molecule has 14 nitrogen and oxygen atoms in total. The molecule has 2 saturated heterocycles. The van der Waals surface area contributed by atoms with E-state index in [1.54, 1.807) is 6.08 Å². The fraction of sp³-hybridized carbons (Fsp3) is 0.957. The summed E-state index contributed by atoms with van der Waals surface area (Å²) in [5.74, 6) is -0.230. The molecule has 0 aromatic heterocycles. The minimum atomic E-state index is -1.79. The summed E-state index contributed by atoms with van der Waals surface area (Å²) in [4.78, 5) is 13.3. The third-order valence-electron chi connectivity index (χ3n) is 18.0. The lowest BCUT2D eigenvalue weighted by atomic mass is 9.97. The van der Waals surface area contributed by atoms with E-state index >= 15 is 0 Å². The summed E-state index contributed by atoms with van der Waals surface area (Å²) >= 11 is 0. The molecule has 2 aliphatic rings. The third-order valence-corrected chi connectivity index (χ3v) is 18.0. The van der Waals surface area contributed by atoms with Crippen molar-refractivity contribution in [2.45, 2.75) is 408 Å². The number of allylic oxidation sites excluding steroid dienone is 1. The number of ether oxygens (including phenoxy) is 4. The Morgan fingerprint density at radius 3 is 1.10 bits per heavy atom. The minimum Gasteiger partial charge on any atom is -0.394 e. The largest absolute Gasteiger partial charge is 0.394 e. The van der Waals surface area contributed by atoms with Crippen LogP contribution in [0.1, 0.15) is 335 Å². The first-order valence-corrected chi connectivity index (χ1v) is 35.9. The van der Waals surface area contributed by atoms with Crippen LogP contribution in [0.5, 0.6) is 0 Å². The second kappa shape index (κ2) is 55.8. The van der Waals surface area contributed by atoms with E-state index < -0.39 is 86.8 Å². The molecule has 9 N–H and O–H groups in total. The van der Waals surface area contributed by atoms with Gasteiger partial charge in [0.05, 0.1) is 32.0 Å². The van der Waals surface area contributed by atoms with Crippen molar-refractivity contribution < 1.29 is 64.6 Å². The zero-order chi connectivity index (χ0) is 60.9. The first kappa shape index (κ1) is 78.8. The fourth-order valence-corrected chi connectivity index (χ4v) is 12.2. The monoisotopic (exact) mass is 1200 g/mol.